The fourth-order valence-corrected chi connectivity index (χ4v) is 2.91. The van der Waals surface area contributed by atoms with E-state index >= 15 is 0 Å². The van der Waals surface area contributed by atoms with E-state index in [-0.39, 0.29) is 0 Å². The van der Waals surface area contributed by atoms with Gasteiger partial charge in [0.15, 0.2) is 11.5 Å². The molecule has 0 bridgehead atoms. The van der Waals surface area contributed by atoms with Crippen molar-refractivity contribution in [2.24, 2.45) is 0 Å². The number of aromatic amines is 1. The third kappa shape index (κ3) is 4.13. The Hall–Kier alpha value is -2.49. The Balaban J connectivity index is 1.77. The number of hydrogen-bond acceptors (Lipinski definition) is 3. The monoisotopic (exact) mass is 338 g/mol. The number of H-pyrrole nitrogens is 1. The Morgan fingerprint density at radius 2 is 1.88 bits per heavy atom. The summed E-state index contributed by atoms with van der Waals surface area (Å²) >= 11 is 0. The number of nitrogens with zero attached hydrogens (tertiary/aromatic N) is 1. The maximum Gasteiger partial charge on any atom is 0.161 e. The molecule has 0 unspecified atom stereocenters. The topological polar surface area (TPSA) is 47.1 Å². The van der Waals surface area contributed by atoms with Gasteiger partial charge in [0, 0.05) is 5.56 Å². The van der Waals surface area contributed by atoms with E-state index < -0.39 is 0 Å². The summed E-state index contributed by atoms with van der Waals surface area (Å²) in [5.41, 5.74) is 4.22. The zero-order chi connectivity index (χ0) is 17.6. The van der Waals surface area contributed by atoms with Gasteiger partial charge in [-0.3, -0.25) is 0 Å². The molecular weight excluding hydrogens is 312 g/mol. The summed E-state index contributed by atoms with van der Waals surface area (Å²) in [5, 5.41) is 0. The number of nitrogens with one attached hydrogen (secondary N) is 1. The summed E-state index contributed by atoms with van der Waals surface area (Å²) in [5.74, 6) is 2.37. The van der Waals surface area contributed by atoms with Crippen LogP contribution in [0.3, 0.4) is 0 Å². The molecule has 25 heavy (non-hydrogen) atoms. The lowest BCUT2D eigenvalue weighted by Crippen LogP contribution is -1.99. The largest absolute Gasteiger partial charge is 0.493 e. The highest BCUT2D eigenvalue weighted by molar-refractivity contribution is 5.80. The highest BCUT2D eigenvalue weighted by Gasteiger charge is 2.10. The van der Waals surface area contributed by atoms with Crippen LogP contribution in [0.4, 0.5) is 0 Å². The van der Waals surface area contributed by atoms with Crippen LogP contribution in [0.25, 0.3) is 22.4 Å². The van der Waals surface area contributed by atoms with E-state index in [4.69, 9.17) is 9.47 Å². The van der Waals surface area contributed by atoms with Gasteiger partial charge in [-0.05, 0) is 49.2 Å². The Morgan fingerprint density at radius 1 is 1.00 bits per heavy atom. The maximum atomic E-state index is 5.88. The SMILES string of the molecule is CCCCCCOc1ccc(-c2nc3ccc(C)cc3[nH]2)cc1OC. The molecule has 0 aliphatic carbocycles. The lowest BCUT2D eigenvalue weighted by Gasteiger charge is -2.11. The van der Waals surface area contributed by atoms with Gasteiger partial charge < -0.3 is 14.5 Å². The quantitative estimate of drug-likeness (QED) is 0.551. The fourth-order valence-electron chi connectivity index (χ4n) is 2.91. The van der Waals surface area contributed by atoms with Gasteiger partial charge in [-0.25, -0.2) is 4.98 Å². The number of aromatic nitrogens is 2. The summed E-state index contributed by atoms with van der Waals surface area (Å²) in [6, 6.07) is 12.2. The van der Waals surface area contributed by atoms with Gasteiger partial charge in [0.25, 0.3) is 0 Å². The van der Waals surface area contributed by atoms with Crippen LogP contribution in [0.1, 0.15) is 38.2 Å². The normalized spacial score (nSPS) is 11.0. The Labute approximate surface area is 149 Å². The molecule has 0 saturated heterocycles. The van der Waals surface area contributed by atoms with Gasteiger partial charge in [0.05, 0.1) is 24.8 Å². The minimum absolute atomic E-state index is 0.722. The van der Waals surface area contributed by atoms with E-state index in [9.17, 15) is 0 Å². The molecule has 1 aromatic heterocycles. The van der Waals surface area contributed by atoms with E-state index in [1.165, 1.54) is 24.8 Å². The summed E-state index contributed by atoms with van der Waals surface area (Å²) in [6.07, 6.45) is 4.76. The average molecular weight is 338 g/mol. The average Bonchev–Trinajstić information content (AvgIpc) is 3.04. The molecule has 0 fully saturated rings. The number of benzene rings is 2. The van der Waals surface area contributed by atoms with E-state index in [0.29, 0.717) is 0 Å². The first kappa shape index (κ1) is 17.3. The minimum Gasteiger partial charge on any atom is -0.493 e. The van der Waals surface area contributed by atoms with Crippen LogP contribution in [0.2, 0.25) is 0 Å². The highest BCUT2D eigenvalue weighted by Crippen LogP contribution is 2.32. The van der Waals surface area contributed by atoms with Crippen molar-refractivity contribution in [3.05, 3.63) is 42.0 Å². The van der Waals surface area contributed by atoms with Gasteiger partial charge in [0.1, 0.15) is 5.82 Å². The molecule has 0 spiro atoms. The zero-order valence-electron chi connectivity index (χ0n) is 15.3. The predicted octanol–water partition coefficient (Wildman–Crippen LogP) is 5.51. The molecule has 4 heteroatoms. The van der Waals surface area contributed by atoms with Crippen molar-refractivity contribution in [1.82, 2.24) is 9.97 Å². The molecule has 0 saturated carbocycles. The van der Waals surface area contributed by atoms with Gasteiger partial charge >= 0.3 is 0 Å². The second kappa shape index (κ2) is 8.06. The first-order valence-corrected chi connectivity index (χ1v) is 8.99. The van der Waals surface area contributed by atoms with Crippen LogP contribution >= 0.6 is 0 Å². The molecule has 0 aliphatic rings. The van der Waals surface area contributed by atoms with Crippen molar-refractivity contribution in [3.8, 4) is 22.9 Å². The van der Waals surface area contributed by atoms with Gasteiger partial charge in [-0.2, -0.15) is 0 Å². The van der Waals surface area contributed by atoms with E-state index in [1.807, 2.05) is 24.3 Å². The summed E-state index contributed by atoms with van der Waals surface area (Å²) < 4.78 is 11.4. The van der Waals surface area contributed by atoms with E-state index in [0.717, 1.165) is 46.9 Å². The predicted molar refractivity (Wildman–Crippen MR) is 102 cm³/mol. The van der Waals surface area contributed by atoms with Crippen LogP contribution in [-0.4, -0.2) is 23.7 Å². The molecule has 0 aliphatic heterocycles. The van der Waals surface area contributed by atoms with Gasteiger partial charge in [0.2, 0.25) is 0 Å². The second-order valence-corrected chi connectivity index (χ2v) is 6.38. The third-order valence-corrected chi connectivity index (χ3v) is 4.33. The molecule has 132 valence electrons. The molecule has 1 N–H and O–H groups in total. The second-order valence-electron chi connectivity index (χ2n) is 6.38. The van der Waals surface area contributed by atoms with Crippen molar-refractivity contribution in [2.45, 2.75) is 39.5 Å². The van der Waals surface area contributed by atoms with E-state index in [1.54, 1.807) is 7.11 Å². The number of methoxy groups -OCH3 is 1. The van der Waals surface area contributed by atoms with Crippen molar-refractivity contribution >= 4 is 11.0 Å². The number of unbranched alkanes of at least 4 members (excludes halogenated alkanes) is 3. The summed E-state index contributed by atoms with van der Waals surface area (Å²) in [6.45, 7) is 5.01. The molecule has 4 nitrogen and oxygen atoms in total. The van der Waals surface area contributed by atoms with Crippen LogP contribution in [0.5, 0.6) is 11.5 Å². The third-order valence-electron chi connectivity index (χ3n) is 4.33. The molecule has 1 heterocycles. The molecule has 0 radical (unpaired) electrons. The molecule has 3 rings (SSSR count). The molecule has 0 atom stereocenters. The smallest absolute Gasteiger partial charge is 0.161 e. The number of imidazole rings is 1. The van der Waals surface area contributed by atoms with Crippen LogP contribution in [-0.2, 0) is 0 Å². The van der Waals surface area contributed by atoms with E-state index in [2.05, 4.69) is 35.9 Å². The number of aryl methyl sites for hydroxylation is 1. The first-order chi connectivity index (χ1) is 12.2. The highest BCUT2D eigenvalue weighted by atomic mass is 16.5. The van der Waals surface area contributed by atoms with Crippen molar-refractivity contribution in [1.29, 1.82) is 0 Å². The Bertz CT molecular complexity index is 839. The summed E-state index contributed by atoms with van der Waals surface area (Å²) in [7, 11) is 1.67. The number of ether oxygens (including phenoxy) is 2. The molecule has 2 aromatic carbocycles. The standard InChI is InChI=1S/C21H26N2O2/c1-4-5-6-7-12-25-19-11-9-16(14-20(19)24-3)21-22-17-10-8-15(2)13-18(17)23-21/h8-11,13-14H,4-7,12H2,1-3H3,(H,22,23). The zero-order valence-corrected chi connectivity index (χ0v) is 15.3. The Morgan fingerprint density at radius 3 is 2.68 bits per heavy atom. The number of hydrogen-bond donors (Lipinski definition) is 1. The first-order valence-electron chi connectivity index (χ1n) is 8.99. The molecular formula is C21H26N2O2. The maximum absolute atomic E-state index is 5.88. The summed E-state index contributed by atoms with van der Waals surface area (Å²) in [4.78, 5) is 8.06. The lowest BCUT2D eigenvalue weighted by molar-refractivity contribution is 0.285. The molecule has 3 aromatic rings. The van der Waals surface area contributed by atoms with Gasteiger partial charge in [-0.1, -0.05) is 32.3 Å². The van der Waals surface area contributed by atoms with Crippen LogP contribution < -0.4 is 9.47 Å². The van der Waals surface area contributed by atoms with Crippen LogP contribution in [0.15, 0.2) is 36.4 Å². The van der Waals surface area contributed by atoms with Crippen LogP contribution in [0, 0.1) is 6.92 Å². The number of rotatable bonds is 8. The minimum atomic E-state index is 0.722. The number of fused-ring (bicyclic) bond motifs is 1. The molecule has 0 amide bonds. The van der Waals surface area contributed by atoms with Crippen molar-refractivity contribution in [3.63, 3.8) is 0 Å². The fraction of sp³-hybridized carbons (Fsp3) is 0.381. The van der Waals surface area contributed by atoms with Crippen molar-refractivity contribution < 1.29 is 9.47 Å². The Kier molecular flexibility index (Phi) is 5.59. The van der Waals surface area contributed by atoms with Crippen molar-refractivity contribution in [2.75, 3.05) is 13.7 Å². The van der Waals surface area contributed by atoms with Gasteiger partial charge in [-0.15, -0.1) is 0 Å². The lowest BCUT2D eigenvalue weighted by atomic mass is 10.2.